The van der Waals surface area contributed by atoms with Gasteiger partial charge in [-0.15, -0.1) is 16.4 Å². The van der Waals surface area contributed by atoms with E-state index in [1.165, 1.54) is 10.4 Å². The number of aromatic amines is 1. The lowest BCUT2D eigenvalue weighted by molar-refractivity contribution is 0.162. The van der Waals surface area contributed by atoms with Crippen molar-refractivity contribution in [3.05, 3.63) is 97.6 Å². The van der Waals surface area contributed by atoms with E-state index in [4.69, 9.17) is 4.42 Å². The molecular weight excluding hydrogens is 460 g/mol. The van der Waals surface area contributed by atoms with Gasteiger partial charge in [0.1, 0.15) is 12.3 Å². The molecule has 0 bridgehead atoms. The number of fused-ring (bicyclic) bond motifs is 1. The van der Waals surface area contributed by atoms with E-state index in [1.807, 2.05) is 30.3 Å². The predicted molar refractivity (Wildman–Crippen MR) is 136 cm³/mol. The number of hydrogen-bond donors (Lipinski definition) is 1. The van der Waals surface area contributed by atoms with Crippen molar-refractivity contribution in [1.82, 2.24) is 30.1 Å². The second-order valence-electron chi connectivity index (χ2n) is 8.83. The van der Waals surface area contributed by atoms with Gasteiger partial charge in [0.25, 0.3) is 5.56 Å². The van der Waals surface area contributed by atoms with Crippen LogP contribution in [0.1, 0.15) is 52.5 Å². The zero-order valence-corrected chi connectivity index (χ0v) is 20.9. The molecule has 5 rings (SSSR count). The fraction of sp³-hybridized carbons (Fsp3) is 0.308. The summed E-state index contributed by atoms with van der Waals surface area (Å²) in [5.74, 6) is 1.54. The Morgan fingerprint density at radius 2 is 2.00 bits per heavy atom. The van der Waals surface area contributed by atoms with Crippen molar-refractivity contribution in [2.45, 2.75) is 52.9 Å². The first-order chi connectivity index (χ1) is 17.0. The number of aromatic nitrogens is 5. The Labute approximate surface area is 207 Å². The van der Waals surface area contributed by atoms with Gasteiger partial charge in [0, 0.05) is 29.0 Å². The molecule has 0 saturated carbocycles. The van der Waals surface area contributed by atoms with E-state index in [2.05, 4.69) is 63.7 Å². The number of benzene rings is 1. The van der Waals surface area contributed by atoms with Crippen LogP contribution in [0.25, 0.3) is 10.9 Å². The molecule has 0 aliphatic rings. The van der Waals surface area contributed by atoms with Crippen molar-refractivity contribution in [1.29, 1.82) is 0 Å². The summed E-state index contributed by atoms with van der Waals surface area (Å²) in [5.41, 5.74) is 3.88. The molecule has 35 heavy (non-hydrogen) atoms. The Morgan fingerprint density at radius 3 is 2.74 bits per heavy atom. The standard InChI is InChI=1S/C26H28N6O2S/c1-4-24(25-28-29-30-32(25)15-21-7-5-9-34-21)31(16-22-8-6-10-35-22)14-20-13-19-11-17(2)18(3)12-23(19)27-26(20)33/h5-13,24H,4,14-16H2,1-3H3,(H,27,33). The smallest absolute Gasteiger partial charge is 0.252 e. The van der Waals surface area contributed by atoms with Crippen LogP contribution in [0.3, 0.4) is 0 Å². The van der Waals surface area contributed by atoms with Gasteiger partial charge >= 0.3 is 0 Å². The number of thiophene rings is 1. The average Bonchev–Trinajstić information content (AvgIpc) is 3.61. The van der Waals surface area contributed by atoms with Crippen LogP contribution in [0.5, 0.6) is 0 Å². The summed E-state index contributed by atoms with van der Waals surface area (Å²) >= 11 is 1.70. The van der Waals surface area contributed by atoms with Crippen molar-refractivity contribution in [2.24, 2.45) is 0 Å². The van der Waals surface area contributed by atoms with Gasteiger partial charge in [-0.05, 0) is 89.0 Å². The van der Waals surface area contributed by atoms with Crippen LogP contribution in [0.15, 0.2) is 63.3 Å². The second-order valence-corrected chi connectivity index (χ2v) is 9.86. The number of rotatable bonds is 9. The highest BCUT2D eigenvalue weighted by Crippen LogP contribution is 2.28. The van der Waals surface area contributed by atoms with Crippen molar-refractivity contribution < 1.29 is 4.42 Å². The molecule has 8 nitrogen and oxygen atoms in total. The Bertz CT molecular complexity index is 1470. The summed E-state index contributed by atoms with van der Waals surface area (Å²) in [6.45, 7) is 7.89. The van der Waals surface area contributed by atoms with Crippen LogP contribution < -0.4 is 5.56 Å². The van der Waals surface area contributed by atoms with Gasteiger partial charge in [0.15, 0.2) is 5.82 Å². The third-order valence-corrected chi connectivity index (χ3v) is 7.28. The monoisotopic (exact) mass is 488 g/mol. The van der Waals surface area contributed by atoms with Gasteiger partial charge in [0.2, 0.25) is 0 Å². The van der Waals surface area contributed by atoms with Crippen molar-refractivity contribution in [2.75, 3.05) is 0 Å². The Balaban J connectivity index is 1.52. The van der Waals surface area contributed by atoms with Crippen LogP contribution >= 0.6 is 11.3 Å². The summed E-state index contributed by atoms with van der Waals surface area (Å²) in [4.78, 5) is 19.7. The van der Waals surface area contributed by atoms with Gasteiger partial charge in [-0.2, -0.15) is 0 Å². The third kappa shape index (κ3) is 4.96. The highest BCUT2D eigenvalue weighted by Gasteiger charge is 2.26. The fourth-order valence-corrected chi connectivity index (χ4v) is 5.18. The van der Waals surface area contributed by atoms with Gasteiger partial charge in [-0.3, -0.25) is 9.69 Å². The first-order valence-electron chi connectivity index (χ1n) is 11.7. The predicted octanol–water partition coefficient (Wildman–Crippen LogP) is 4.99. The molecule has 1 unspecified atom stereocenters. The number of aryl methyl sites for hydroxylation is 2. The summed E-state index contributed by atoms with van der Waals surface area (Å²) in [6.07, 6.45) is 2.43. The molecule has 1 aromatic carbocycles. The SMILES string of the molecule is CCC(c1nnnn1Cc1ccco1)N(Cc1cccs1)Cc1cc2cc(C)c(C)cc2[nH]c1=O. The molecule has 0 aliphatic heterocycles. The molecule has 0 spiro atoms. The first-order valence-corrected chi connectivity index (χ1v) is 12.6. The van der Waals surface area contributed by atoms with Crippen LogP contribution in [0.4, 0.5) is 0 Å². The molecule has 9 heteroatoms. The lowest BCUT2D eigenvalue weighted by Gasteiger charge is -2.29. The topological polar surface area (TPSA) is 92.8 Å². The van der Waals surface area contributed by atoms with Crippen molar-refractivity contribution in [3.8, 4) is 0 Å². The molecule has 1 atom stereocenters. The molecule has 0 aliphatic carbocycles. The molecule has 1 N–H and O–H groups in total. The minimum absolute atomic E-state index is 0.0676. The van der Waals surface area contributed by atoms with Crippen LogP contribution in [0.2, 0.25) is 0 Å². The number of furan rings is 1. The maximum atomic E-state index is 13.1. The minimum Gasteiger partial charge on any atom is -0.467 e. The number of pyridine rings is 1. The highest BCUT2D eigenvalue weighted by atomic mass is 32.1. The quantitative estimate of drug-likeness (QED) is 0.314. The fourth-order valence-electron chi connectivity index (χ4n) is 4.45. The lowest BCUT2D eigenvalue weighted by atomic mass is 10.0. The summed E-state index contributed by atoms with van der Waals surface area (Å²) in [7, 11) is 0. The molecule has 0 fully saturated rings. The lowest BCUT2D eigenvalue weighted by Crippen LogP contribution is -2.32. The number of hydrogen-bond acceptors (Lipinski definition) is 7. The molecule has 4 aromatic heterocycles. The van der Waals surface area contributed by atoms with Crippen LogP contribution in [-0.2, 0) is 19.6 Å². The Hall–Kier alpha value is -3.56. The molecule has 0 radical (unpaired) electrons. The average molecular weight is 489 g/mol. The molecule has 0 amide bonds. The molecule has 180 valence electrons. The zero-order chi connectivity index (χ0) is 24.4. The van der Waals surface area contributed by atoms with E-state index in [-0.39, 0.29) is 11.6 Å². The van der Waals surface area contributed by atoms with Crippen molar-refractivity contribution >= 4 is 22.2 Å². The van der Waals surface area contributed by atoms with E-state index in [0.717, 1.165) is 40.0 Å². The normalized spacial score (nSPS) is 12.6. The number of H-pyrrole nitrogens is 1. The Kier molecular flexibility index (Phi) is 6.61. The van der Waals surface area contributed by atoms with Crippen LogP contribution in [-0.4, -0.2) is 30.1 Å². The van der Waals surface area contributed by atoms with Gasteiger partial charge in [-0.25, -0.2) is 4.68 Å². The van der Waals surface area contributed by atoms with Crippen LogP contribution in [0, 0.1) is 13.8 Å². The number of tetrazole rings is 1. The van der Waals surface area contributed by atoms with Gasteiger partial charge in [-0.1, -0.05) is 13.0 Å². The maximum absolute atomic E-state index is 13.1. The van der Waals surface area contributed by atoms with E-state index in [0.29, 0.717) is 19.6 Å². The summed E-state index contributed by atoms with van der Waals surface area (Å²) < 4.78 is 7.30. The van der Waals surface area contributed by atoms with Gasteiger partial charge < -0.3 is 9.40 Å². The zero-order valence-electron chi connectivity index (χ0n) is 20.1. The number of nitrogens with one attached hydrogen (secondary N) is 1. The Morgan fingerprint density at radius 1 is 1.14 bits per heavy atom. The second kappa shape index (κ2) is 9.97. The molecule has 0 saturated heterocycles. The van der Waals surface area contributed by atoms with Gasteiger partial charge in [0.05, 0.1) is 12.3 Å². The van der Waals surface area contributed by atoms with E-state index in [9.17, 15) is 4.79 Å². The van der Waals surface area contributed by atoms with Crippen molar-refractivity contribution in [3.63, 3.8) is 0 Å². The first kappa shape index (κ1) is 23.2. The van der Waals surface area contributed by atoms with E-state index >= 15 is 0 Å². The number of nitrogens with zero attached hydrogens (tertiary/aromatic N) is 5. The van der Waals surface area contributed by atoms with E-state index < -0.39 is 0 Å². The largest absolute Gasteiger partial charge is 0.467 e. The summed E-state index contributed by atoms with van der Waals surface area (Å²) in [5, 5.41) is 15.7. The highest BCUT2D eigenvalue weighted by molar-refractivity contribution is 7.09. The molecule has 4 heterocycles. The third-order valence-electron chi connectivity index (χ3n) is 6.42. The molecular formula is C26H28N6O2S. The summed E-state index contributed by atoms with van der Waals surface area (Å²) in [6, 6.07) is 14.0. The minimum atomic E-state index is -0.0862. The van der Waals surface area contributed by atoms with E-state index in [1.54, 1.807) is 22.3 Å². The molecule has 5 aromatic rings. The maximum Gasteiger partial charge on any atom is 0.252 e.